The van der Waals surface area contributed by atoms with E-state index in [1.807, 2.05) is 0 Å². The van der Waals surface area contributed by atoms with E-state index < -0.39 is 0 Å². The van der Waals surface area contributed by atoms with Gasteiger partial charge in [-0.2, -0.15) is 0 Å². The Hall–Kier alpha value is -1.82. The predicted octanol–water partition coefficient (Wildman–Crippen LogP) is 7.29. The van der Waals surface area contributed by atoms with Crippen LogP contribution < -0.4 is 0 Å². The molecule has 3 aromatic carbocycles. The minimum Gasteiger partial charge on any atom is -0.0654 e. The maximum atomic E-state index is 2.39. The molecule has 0 radical (unpaired) electrons. The van der Waals surface area contributed by atoms with Gasteiger partial charge in [-0.15, -0.1) is 0 Å². The Kier molecular flexibility index (Phi) is 5.69. The number of benzene rings is 3. The van der Waals surface area contributed by atoms with Crippen molar-refractivity contribution >= 4 is 21.5 Å². The van der Waals surface area contributed by atoms with Crippen molar-refractivity contribution in [3.63, 3.8) is 0 Å². The monoisotopic (exact) mass is 304 g/mol. The SMILES string of the molecule is CCCCCCCCCc1ccc2cc3ccccc3cc2c1. The fraction of sp³-hybridized carbons (Fsp3) is 0.391. The molecule has 0 amide bonds. The van der Waals surface area contributed by atoms with Gasteiger partial charge in [-0.1, -0.05) is 87.9 Å². The Morgan fingerprint density at radius 2 is 1.17 bits per heavy atom. The highest BCUT2D eigenvalue weighted by Gasteiger charge is 2.00. The van der Waals surface area contributed by atoms with Crippen LogP contribution in [-0.2, 0) is 6.42 Å². The summed E-state index contributed by atoms with van der Waals surface area (Å²) in [5.74, 6) is 0. The normalized spacial score (nSPS) is 11.3. The zero-order chi connectivity index (χ0) is 15.9. The van der Waals surface area contributed by atoms with Crippen molar-refractivity contribution in [3.05, 3.63) is 60.2 Å². The Balaban J connectivity index is 1.60. The van der Waals surface area contributed by atoms with Crippen LogP contribution in [0.5, 0.6) is 0 Å². The summed E-state index contributed by atoms with van der Waals surface area (Å²) >= 11 is 0. The smallest absolute Gasteiger partial charge is 0.0175 e. The van der Waals surface area contributed by atoms with Crippen LogP contribution in [0, 0.1) is 0 Å². The fourth-order valence-electron chi connectivity index (χ4n) is 3.43. The van der Waals surface area contributed by atoms with Crippen molar-refractivity contribution < 1.29 is 0 Å². The third kappa shape index (κ3) is 4.34. The lowest BCUT2D eigenvalue weighted by molar-refractivity contribution is 0.589. The lowest BCUT2D eigenvalue weighted by atomic mass is 9.99. The summed E-state index contributed by atoms with van der Waals surface area (Å²) in [6.45, 7) is 2.28. The minimum absolute atomic E-state index is 1.22. The molecule has 0 saturated carbocycles. The number of rotatable bonds is 8. The van der Waals surface area contributed by atoms with Gasteiger partial charge in [0.2, 0.25) is 0 Å². The standard InChI is InChI=1S/C23H28/c1-2-3-4-5-6-7-8-11-19-14-15-22-17-20-12-9-10-13-21(20)18-23(22)16-19/h9-10,12-18H,2-8,11H2,1H3. The third-order valence-corrected chi connectivity index (χ3v) is 4.84. The van der Waals surface area contributed by atoms with Gasteiger partial charge in [0.15, 0.2) is 0 Å². The van der Waals surface area contributed by atoms with Crippen LogP contribution in [0.4, 0.5) is 0 Å². The summed E-state index contributed by atoms with van der Waals surface area (Å²) in [5, 5.41) is 5.41. The first-order valence-electron chi connectivity index (χ1n) is 9.28. The van der Waals surface area contributed by atoms with Crippen LogP contribution in [0.25, 0.3) is 21.5 Å². The summed E-state index contributed by atoms with van der Waals surface area (Å²) in [7, 11) is 0. The van der Waals surface area contributed by atoms with Crippen molar-refractivity contribution in [3.8, 4) is 0 Å². The predicted molar refractivity (Wildman–Crippen MR) is 103 cm³/mol. The van der Waals surface area contributed by atoms with Gasteiger partial charge in [-0.05, 0) is 52.1 Å². The van der Waals surface area contributed by atoms with Crippen molar-refractivity contribution in [1.29, 1.82) is 0 Å². The largest absolute Gasteiger partial charge is 0.0654 e. The number of hydrogen-bond acceptors (Lipinski definition) is 0. The summed E-state index contributed by atoms with van der Waals surface area (Å²) < 4.78 is 0. The van der Waals surface area contributed by atoms with Gasteiger partial charge in [0.1, 0.15) is 0 Å². The Labute approximate surface area is 140 Å². The molecule has 0 heterocycles. The van der Waals surface area contributed by atoms with Crippen LogP contribution in [0.1, 0.15) is 57.4 Å². The number of unbranched alkanes of at least 4 members (excludes halogenated alkanes) is 6. The fourth-order valence-corrected chi connectivity index (χ4v) is 3.43. The molecule has 0 spiro atoms. The molecule has 3 aromatic rings. The van der Waals surface area contributed by atoms with E-state index in [-0.39, 0.29) is 0 Å². The van der Waals surface area contributed by atoms with E-state index in [2.05, 4.69) is 61.5 Å². The zero-order valence-electron chi connectivity index (χ0n) is 14.4. The van der Waals surface area contributed by atoms with E-state index in [0.29, 0.717) is 0 Å². The average molecular weight is 304 g/mol. The lowest BCUT2D eigenvalue weighted by Crippen LogP contribution is -1.87. The van der Waals surface area contributed by atoms with E-state index in [9.17, 15) is 0 Å². The number of aryl methyl sites for hydroxylation is 1. The Morgan fingerprint density at radius 3 is 1.91 bits per heavy atom. The van der Waals surface area contributed by atoms with Crippen LogP contribution in [0.15, 0.2) is 54.6 Å². The maximum Gasteiger partial charge on any atom is -0.0175 e. The molecule has 0 heteroatoms. The second-order valence-corrected chi connectivity index (χ2v) is 6.75. The summed E-state index contributed by atoms with van der Waals surface area (Å²) in [6, 6.07) is 20.3. The summed E-state index contributed by atoms with van der Waals surface area (Å²) in [6.07, 6.45) is 10.9. The second-order valence-electron chi connectivity index (χ2n) is 6.75. The molecule has 3 rings (SSSR count). The molecule has 23 heavy (non-hydrogen) atoms. The zero-order valence-corrected chi connectivity index (χ0v) is 14.4. The van der Waals surface area contributed by atoms with E-state index in [1.165, 1.54) is 78.5 Å². The topological polar surface area (TPSA) is 0 Å². The van der Waals surface area contributed by atoms with Gasteiger partial charge in [0.05, 0.1) is 0 Å². The highest BCUT2D eigenvalue weighted by atomic mass is 14.1. The van der Waals surface area contributed by atoms with Crippen molar-refractivity contribution in [2.75, 3.05) is 0 Å². The molecule has 0 fully saturated rings. The molecule has 0 unspecified atom stereocenters. The summed E-state index contributed by atoms with van der Waals surface area (Å²) in [5.41, 5.74) is 1.49. The Morgan fingerprint density at radius 1 is 0.565 bits per heavy atom. The summed E-state index contributed by atoms with van der Waals surface area (Å²) in [4.78, 5) is 0. The molecule has 0 aliphatic carbocycles. The highest BCUT2D eigenvalue weighted by Crippen LogP contribution is 2.24. The molecule has 0 bridgehead atoms. The highest BCUT2D eigenvalue weighted by molar-refractivity contribution is 5.98. The van der Waals surface area contributed by atoms with Crippen molar-refractivity contribution in [2.45, 2.75) is 58.3 Å². The molecular weight excluding hydrogens is 276 g/mol. The van der Waals surface area contributed by atoms with E-state index in [4.69, 9.17) is 0 Å². The van der Waals surface area contributed by atoms with Crippen LogP contribution in [0.3, 0.4) is 0 Å². The first-order chi connectivity index (χ1) is 11.4. The Bertz CT molecular complexity index is 754. The first-order valence-corrected chi connectivity index (χ1v) is 9.28. The van der Waals surface area contributed by atoms with Crippen LogP contribution in [0.2, 0.25) is 0 Å². The third-order valence-electron chi connectivity index (χ3n) is 4.84. The molecule has 0 N–H and O–H groups in total. The first kappa shape index (κ1) is 16.1. The molecule has 0 saturated heterocycles. The van der Waals surface area contributed by atoms with Crippen LogP contribution in [-0.4, -0.2) is 0 Å². The number of hydrogen-bond donors (Lipinski definition) is 0. The molecule has 0 nitrogen and oxygen atoms in total. The maximum absolute atomic E-state index is 2.39. The van der Waals surface area contributed by atoms with Gasteiger partial charge >= 0.3 is 0 Å². The van der Waals surface area contributed by atoms with Gasteiger partial charge in [0, 0.05) is 0 Å². The molecule has 0 aromatic heterocycles. The van der Waals surface area contributed by atoms with Crippen LogP contribution >= 0.6 is 0 Å². The number of fused-ring (bicyclic) bond motifs is 2. The van der Waals surface area contributed by atoms with E-state index in [0.717, 1.165) is 0 Å². The van der Waals surface area contributed by atoms with Gasteiger partial charge < -0.3 is 0 Å². The molecule has 0 aliphatic heterocycles. The molecule has 0 atom stereocenters. The van der Waals surface area contributed by atoms with Crippen molar-refractivity contribution in [2.24, 2.45) is 0 Å². The molecule has 120 valence electrons. The average Bonchev–Trinajstić information content (AvgIpc) is 2.59. The second kappa shape index (κ2) is 8.15. The van der Waals surface area contributed by atoms with Gasteiger partial charge in [-0.25, -0.2) is 0 Å². The van der Waals surface area contributed by atoms with Gasteiger partial charge in [0.25, 0.3) is 0 Å². The van der Waals surface area contributed by atoms with E-state index in [1.54, 1.807) is 0 Å². The van der Waals surface area contributed by atoms with Gasteiger partial charge in [-0.3, -0.25) is 0 Å². The van der Waals surface area contributed by atoms with E-state index >= 15 is 0 Å². The molecular formula is C23H28. The molecule has 0 aliphatic rings. The minimum atomic E-state index is 1.22. The lowest BCUT2D eigenvalue weighted by Gasteiger charge is -2.06. The quantitative estimate of drug-likeness (QED) is 0.303. The van der Waals surface area contributed by atoms with Crippen molar-refractivity contribution in [1.82, 2.24) is 0 Å².